The summed E-state index contributed by atoms with van der Waals surface area (Å²) in [4.78, 5) is 11.4. The highest BCUT2D eigenvalue weighted by Crippen LogP contribution is 2.32. The molecule has 1 heterocycles. The number of benzene rings is 2. The fourth-order valence-electron chi connectivity index (χ4n) is 3.36. The van der Waals surface area contributed by atoms with E-state index in [2.05, 4.69) is 55.7 Å². The first-order valence-electron chi connectivity index (χ1n) is 8.65. The normalized spacial score (nSPS) is 11.8. The summed E-state index contributed by atoms with van der Waals surface area (Å²) in [5.41, 5.74) is 5.53. The van der Waals surface area contributed by atoms with Crippen LogP contribution in [-0.2, 0) is 23.2 Å². The van der Waals surface area contributed by atoms with Crippen LogP contribution in [0.25, 0.3) is 10.9 Å². The minimum Gasteiger partial charge on any atom is -0.481 e. The van der Waals surface area contributed by atoms with Gasteiger partial charge < -0.3 is 9.67 Å². The van der Waals surface area contributed by atoms with Crippen LogP contribution in [0.15, 0.2) is 48.5 Å². The number of carboxylic acids is 1. The van der Waals surface area contributed by atoms with Gasteiger partial charge in [-0.2, -0.15) is 0 Å². The summed E-state index contributed by atoms with van der Waals surface area (Å²) in [5, 5.41) is 10.4. The number of hydrogen-bond acceptors (Lipinski definition) is 1. The van der Waals surface area contributed by atoms with Crippen molar-refractivity contribution < 1.29 is 9.90 Å². The van der Waals surface area contributed by atoms with Gasteiger partial charge >= 0.3 is 5.97 Å². The molecule has 0 spiro atoms. The average Bonchev–Trinajstić information content (AvgIpc) is 2.80. The fourth-order valence-corrected chi connectivity index (χ4v) is 3.36. The molecule has 2 aromatic carbocycles. The largest absolute Gasteiger partial charge is 0.481 e. The van der Waals surface area contributed by atoms with E-state index in [1.54, 1.807) is 0 Å². The van der Waals surface area contributed by atoms with Crippen LogP contribution in [-0.4, -0.2) is 15.6 Å². The van der Waals surface area contributed by atoms with Gasteiger partial charge in [-0.3, -0.25) is 4.79 Å². The van der Waals surface area contributed by atoms with E-state index in [0.29, 0.717) is 0 Å². The number of aromatic nitrogens is 1. The molecule has 0 saturated heterocycles. The van der Waals surface area contributed by atoms with Crippen molar-refractivity contribution in [2.45, 2.75) is 46.1 Å². The summed E-state index contributed by atoms with van der Waals surface area (Å²) in [5.74, 6) is -0.789. The molecule has 0 radical (unpaired) electrons. The van der Waals surface area contributed by atoms with Crippen LogP contribution < -0.4 is 0 Å². The number of nitrogens with zero attached hydrogens (tertiary/aromatic N) is 1. The van der Waals surface area contributed by atoms with Gasteiger partial charge in [0.2, 0.25) is 0 Å². The van der Waals surface area contributed by atoms with Crippen LogP contribution >= 0.6 is 0 Å². The number of rotatable bonds is 4. The maximum Gasteiger partial charge on any atom is 0.307 e. The molecular formula is C22H25NO2. The van der Waals surface area contributed by atoms with Crippen molar-refractivity contribution in [3.63, 3.8) is 0 Å². The Morgan fingerprint density at radius 1 is 1.08 bits per heavy atom. The molecule has 3 rings (SSSR count). The Hall–Kier alpha value is -2.55. The molecule has 0 bridgehead atoms. The maximum atomic E-state index is 11.4. The second kappa shape index (κ2) is 6.40. The van der Waals surface area contributed by atoms with Crippen molar-refractivity contribution in [1.82, 2.24) is 4.57 Å². The Bertz CT molecular complexity index is 915. The number of fused-ring (bicyclic) bond motifs is 1. The number of carbonyl (C=O) groups is 1. The number of carboxylic acid groups (broad SMARTS) is 1. The zero-order valence-corrected chi connectivity index (χ0v) is 15.3. The van der Waals surface area contributed by atoms with E-state index >= 15 is 0 Å². The van der Waals surface area contributed by atoms with E-state index in [-0.39, 0.29) is 11.8 Å². The minimum absolute atomic E-state index is 0.0319. The Kier molecular flexibility index (Phi) is 4.42. The summed E-state index contributed by atoms with van der Waals surface area (Å²) < 4.78 is 2.23. The van der Waals surface area contributed by atoms with E-state index in [4.69, 9.17) is 0 Å². The Morgan fingerprint density at radius 3 is 2.36 bits per heavy atom. The van der Waals surface area contributed by atoms with Gasteiger partial charge in [0.1, 0.15) is 0 Å². The van der Waals surface area contributed by atoms with Crippen molar-refractivity contribution >= 4 is 16.9 Å². The third-order valence-electron chi connectivity index (χ3n) is 4.83. The first-order chi connectivity index (χ1) is 11.8. The molecule has 130 valence electrons. The van der Waals surface area contributed by atoms with Gasteiger partial charge in [0, 0.05) is 23.1 Å². The third kappa shape index (κ3) is 3.46. The molecule has 0 amide bonds. The average molecular weight is 335 g/mol. The van der Waals surface area contributed by atoms with Crippen LogP contribution in [0, 0.1) is 6.92 Å². The second-order valence-corrected chi connectivity index (χ2v) is 7.69. The molecule has 0 aliphatic heterocycles. The second-order valence-electron chi connectivity index (χ2n) is 7.69. The quantitative estimate of drug-likeness (QED) is 0.735. The lowest BCUT2D eigenvalue weighted by atomic mass is 9.86. The first-order valence-corrected chi connectivity index (χ1v) is 8.65. The smallest absolute Gasteiger partial charge is 0.307 e. The Balaban J connectivity index is 2.19. The zero-order valence-electron chi connectivity index (χ0n) is 15.3. The molecule has 0 aliphatic carbocycles. The molecule has 25 heavy (non-hydrogen) atoms. The van der Waals surface area contributed by atoms with Gasteiger partial charge in [0.05, 0.1) is 6.42 Å². The van der Waals surface area contributed by atoms with E-state index in [1.807, 2.05) is 25.1 Å². The Morgan fingerprint density at radius 2 is 1.76 bits per heavy atom. The fraction of sp³-hybridized carbons (Fsp3) is 0.318. The SMILES string of the molecule is Cc1c(CC(=O)O)c2cc(C(C)(C)C)ccc2n1Cc1ccccc1. The zero-order chi connectivity index (χ0) is 18.2. The van der Waals surface area contributed by atoms with Gasteiger partial charge in [-0.05, 0) is 41.2 Å². The molecule has 1 aromatic heterocycles. The van der Waals surface area contributed by atoms with Crippen LogP contribution in [0.3, 0.4) is 0 Å². The molecule has 0 saturated carbocycles. The van der Waals surface area contributed by atoms with Crippen molar-refractivity contribution in [3.8, 4) is 0 Å². The molecule has 0 fully saturated rings. The van der Waals surface area contributed by atoms with Crippen molar-refractivity contribution in [3.05, 3.63) is 70.9 Å². The molecule has 1 N–H and O–H groups in total. The highest BCUT2D eigenvalue weighted by Gasteiger charge is 2.20. The number of aliphatic carboxylic acids is 1. The summed E-state index contributed by atoms with van der Waals surface area (Å²) in [6.45, 7) is 9.31. The third-order valence-corrected chi connectivity index (χ3v) is 4.83. The predicted octanol–water partition coefficient (Wildman–Crippen LogP) is 4.92. The molecule has 3 heteroatoms. The lowest BCUT2D eigenvalue weighted by Gasteiger charge is -2.19. The number of hydrogen-bond donors (Lipinski definition) is 1. The molecular weight excluding hydrogens is 310 g/mol. The van der Waals surface area contributed by atoms with Crippen LogP contribution in [0.5, 0.6) is 0 Å². The standard InChI is InChI=1S/C22H25NO2/c1-15-18(13-21(24)25)19-12-17(22(2,3)4)10-11-20(19)23(15)14-16-8-6-5-7-9-16/h5-12H,13-14H2,1-4H3,(H,24,25). The van der Waals surface area contributed by atoms with E-state index in [9.17, 15) is 9.90 Å². The van der Waals surface area contributed by atoms with Crippen LogP contribution in [0.2, 0.25) is 0 Å². The highest BCUT2D eigenvalue weighted by atomic mass is 16.4. The van der Waals surface area contributed by atoms with Gasteiger partial charge in [-0.1, -0.05) is 57.2 Å². The van der Waals surface area contributed by atoms with E-state index in [0.717, 1.165) is 28.7 Å². The summed E-state index contributed by atoms with van der Waals surface area (Å²) in [7, 11) is 0. The highest BCUT2D eigenvalue weighted by molar-refractivity contribution is 5.89. The van der Waals surface area contributed by atoms with Gasteiger partial charge in [-0.25, -0.2) is 0 Å². The van der Waals surface area contributed by atoms with Gasteiger partial charge in [-0.15, -0.1) is 0 Å². The topological polar surface area (TPSA) is 42.2 Å². The summed E-state index contributed by atoms with van der Waals surface area (Å²) in [6.07, 6.45) is 0.0533. The predicted molar refractivity (Wildman–Crippen MR) is 102 cm³/mol. The van der Waals surface area contributed by atoms with Crippen LogP contribution in [0.1, 0.15) is 43.2 Å². The lowest BCUT2D eigenvalue weighted by Crippen LogP contribution is -2.10. The molecule has 0 aliphatic rings. The first kappa shape index (κ1) is 17.3. The van der Waals surface area contributed by atoms with Gasteiger partial charge in [0.15, 0.2) is 0 Å². The molecule has 3 nitrogen and oxygen atoms in total. The summed E-state index contributed by atoms with van der Waals surface area (Å²) in [6, 6.07) is 16.7. The lowest BCUT2D eigenvalue weighted by molar-refractivity contribution is -0.136. The maximum absolute atomic E-state index is 11.4. The van der Waals surface area contributed by atoms with Crippen molar-refractivity contribution in [2.75, 3.05) is 0 Å². The Labute approximate surface area is 148 Å². The minimum atomic E-state index is -0.789. The van der Waals surface area contributed by atoms with E-state index in [1.165, 1.54) is 11.1 Å². The van der Waals surface area contributed by atoms with Gasteiger partial charge in [0.25, 0.3) is 0 Å². The van der Waals surface area contributed by atoms with Crippen LogP contribution in [0.4, 0.5) is 0 Å². The summed E-state index contributed by atoms with van der Waals surface area (Å²) >= 11 is 0. The molecule has 0 unspecified atom stereocenters. The molecule has 3 aromatic rings. The van der Waals surface area contributed by atoms with E-state index < -0.39 is 5.97 Å². The van der Waals surface area contributed by atoms with Crippen molar-refractivity contribution in [2.24, 2.45) is 0 Å². The molecule has 0 atom stereocenters. The van der Waals surface area contributed by atoms with Crippen molar-refractivity contribution in [1.29, 1.82) is 0 Å². The monoisotopic (exact) mass is 335 g/mol.